The Morgan fingerprint density at radius 3 is 2.41 bits per heavy atom. The third kappa shape index (κ3) is 7.65. The monoisotopic (exact) mass is 796 g/mol. The summed E-state index contributed by atoms with van der Waals surface area (Å²) >= 11 is 0. The molecule has 302 valence electrons. The second-order valence-electron chi connectivity index (χ2n) is 16.0. The lowest BCUT2D eigenvalue weighted by molar-refractivity contribution is -0.136. The number of benzene rings is 2. The Hall–Kier alpha value is -6.47. The number of piperidine rings is 1. The van der Waals surface area contributed by atoms with Crippen molar-refractivity contribution in [2.45, 2.75) is 63.1 Å². The highest BCUT2D eigenvalue weighted by molar-refractivity contribution is 6.23. The number of pyridine rings is 1. The van der Waals surface area contributed by atoms with Crippen molar-refractivity contribution in [3.05, 3.63) is 83.3 Å². The van der Waals surface area contributed by atoms with E-state index in [2.05, 4.69) is 46.4 Å². The van der Waals surface area contributed by atoms with Crippen molar-refractivity contribution in [3.63, 3.8) is 0 Å². The van der Waals surface area contributed by atoms with Crippen LogP contribution < -0.4 is 25.2 Å². The number of hydrogen-bond acceptors (Lipinski definition) is 13. The Kier molecular flexibility index (Phi) is 10.4. The van der Waals surface area contributed by atoms with Crippen LogP contribution in [0.25, 0.3) is 10.9 Å². The third-order valence-corrected chi connectivity index (χ3v) is 12.3. The molecule has 1 aliphatic carbocycles. The fourth-order valence-electron chi connectivity index (χ4n) is 9.09. The number of nitrogens with zero attached hydrogens (tertiary/aromatic N) is 8. The molecule has 0 radical (unpaired) electrons. The van der Waals surface area contributed by atoms with Gasteiger partial charge in [0.25, 0.3) is 17.7 Å². The van der Waals surface area contributed by atoms with E-state index >= 15 is 0 Å². The van der Waals surface area contributed by atoms with Gasteiger partial charge in [0, 0.05) is 87.9 Å². The first-order valence-corrected chi connectivity index (χ1v) is 20.4. The molecule has 0 bridgehead atoms. The fraction of sp³-hybridized carbons (Fsp3) is 0.419. The molecule has 4 fully saturated rings. The Morgan fingerprint density at radius 1 is 0.864 bits per heavy atom. The number of carbonyl (C=O) groups is 5. The third-order valence-electron chi connectivity index (χ3n) is 12.3. The quantitative estimate of drug-likeness (QED) is 0.235. The minimum Gasteiger partial charge on any atom is -0.490 e. The molecule has 9 rings (SSSR count). The highest BCUT2D eigenvalue weighted by Crippen LogP contribution is 2.33. The lowest BCUT2D eigenvalue weighted by Gasteiger charge is -2.37. The Labute approximate surface area is 340 Å². The summed E-state index contributed by atoms with van der Waals surface area (Å²) in [6.07, 6.45) is 9.29. The van der Waals surface area contributed by atoms with Gasteiger partial charge in [-0.2, -0.15) is 5.26 Å². The number of hydrogen-bond donors (Lipinski definition) is 2. The number of rotatable bonds is 9. The zero-order valence-electron chi connectivity index (χ0n) is 32.5. The van der Waals surface area contributed by atoms with Crippen molar-refractivity contribution >= 4 is 52.1 Å². The maximum Gasteiger partial charge on any atom is 0.262 e. The molecule has 1 saturated carbocycles. The van der Waals surface area contributed by atoms with E-state index in [-0.39, 0.29) is 36.5 Å². The van der Waals surface area contributed by atoms with Gasteiger partial charge in [0.15, 0.2) is 0 Å². The molecule has 0 spiro atoms. The van der Waals surface area contributed by atoms with Crippen LogP contribution in [0, 0.1) is 17.2 Å². The normalized spacial score (nSPS) is 23.6. The van der Waals surface area contributed by atoms with E-state index in [1.54, 1.807) is 36.8 Å². The summed E-state index contributed by atoms with van der Waals surface area (Å²) in [4.78, 5) is 85.0. The molecule has 4 aliphatic heterocycles. The summed E-state index contributed by atoms with van der Waals surface area (Å²) in [6.45, 7) is 5.85. The van der Waals surface area contributed by atoms with Crippen LogP contribution in [-0.4, -0.2) is 118 Å². The number of carbonyl (C=O) groups excluding carboxylic acids is 5. The number of nitriles is 1. The number of ether oxygens (including phenoxy) is 1. The number of nitrogens with one attached hydrogen (secondary N) is 2. The van der Waals surface area contributed by atoms with Gasteiger partial charge in [-0.1, -0.05) is 0 Å². The summed E-state index contributed by atoms with van der Waals surface area (Å²) in [5.74, 6) is -0.407. The number of anilines is 2. The van der Waals surface area contributed by atoms with Crippen molar-refractivity contribution in [2.24, 2.45) is 5.92 Å². The van der Waals surface area contributed by atoms with Gasteiger partial charge >= 0.3 is 0 Å². The van der Waals surface area contributed by atoms with Crippen molar-refractivity contribution < 1.29 is 28.7 Å². The van der Waals surface area contributed by atoms with Gasteiger partial charge in [0.1, 0.15) is 17.9 Å². The molecule has 5 aliphatic rings. The topological polar surface area (TPSA) is 194 Å². The molecule has 16 nitrogen and oxygen atoms in total. The number of amides is 5. The minimum atomic E-state index is -0.983. The van der Waals surface area contributed by atoms with Gasteiger partial charge in [0.05, 0.1) is 33.9 Å². The van der Waals surface area contributed by atoms with E-state index in [0.717, 1.165) is 99.6 Å². The molecule has 1 unspecified atom stereocenters. The van der Waals surface area contributed by atoms with Gasteiger partial charge in [-0.3, -0.25) is 44.1 Å². The summed E-state index contributed by atoms with van der Waals surface area (Å²) in [7, 11) is 0. The Morgan fingerprint density at radius 2 is 1.64 bits per heavy atom. The predicted molar refractivity (Wildman–Crippen MR) is 215 cm³/mol. The van der Waals surface area contributed by atoms with Crippen LogP contribution in [0.5, 0.6) is 5.75 Å². The largest absolute Gasteiger partial charge is 0.490 e. The van der Waals surface area contributed by atoms with Crippen molar-refractivity contribution in [1.29, 1.82) is 5.26 Å². The zero-order chi connectivity index (χ0) is 40.6. The van der Waals surface area contributed by atoms with E-state index < -0.39 is 29.7 Å². The first-order chi connectivity index (χ1) is 28.7. The van der Waals surface area contributed by atoms with Crippen LogP contribution >= 0.6 is 0 Å². The van der Waals surface area contributed by atoms with Crippen LogP contribution in [0.4, 0.5) is 11.6 Å². The average Bonchev–Trinajstić information content (AvgIpc) is 3.83. The molecule has 2 N–H and O–H groups in total. The lowest BCUT2D eigenvalue weighted by atomic mass is 9.92. The second kappa shape index (κ2) is 16.1. The van der Waals surface area contributed by atoms with Crippen molar-refractivity contribution in [1.82, 2.24) is 35.4 Å². The minimum absolute atomic E-state index is 0.0107. The number of imide groups is 2. The first kappa shape index (κ1) is 38.1. The van der Waals surface area contributed by atoms with Crippen LogP contribution in [0.1, 0.15) is 81.6 Å². The standard InChI is InChI=1S/C43H44N10O6/c44-21-27-3-11-36(33-2-1-14-45-38(27)33)59-31-7-4-29(5-8-31)48-39(55)28-22-46-43(47-23-28)52-15-13-26(25-52)24-50-16-18-51(19-17-50)30-6-9-32-34(20-30)42(58)53(41(32)57)35-10-12-37(54)49-40(35)56/h1-3,6,9,11,14,20,22-23,26,29,31,35H,4-5,7-8,10,12-13,15-19,24-25H2,(H,48,55)(H,49,54,56)/t26-,29?,31?,35?/m0/s1. The Balaban J connectivity index is 0.716. The highest BCUT2D eigenvalue weighted by atomic mass is 16.5. The summed E-state index contributed by atoms with van der Waals surface area (Å²) < 4.78 is 6.35. The summed E-state index contributed by atoms with van der Waals surface area (Å²) in [6, 6.07) is 13.9. The molecule has 6 heterocycles. The molecule has 5 amide bonds. The number of piperazine rings is 1. The Bertz CT molecular complexity index is 2370. The first-order valence-electron chi connectivity index (χ1n) is 20.4. The van der Waals surface area contributed by atoms with E-state index in [1.807, 2.05) is 24.3 Å². The second-order valence-corrected chi connectivity index (χ2v) is 16.0. The van der Waals surface area contributed by atoms with Crippen molar-refractivity contribution in [3.8, 4) is 11.8 Å². The molecule has 59 heavy (non-hydrogen) atoms. The van der Waals surface area contributed by atoms with E-state index in [1.165, 1.54) is 0 Å². The highest BCUT2D eigenvalue weighted by Gasteiger charge is 2.45. The van der Waals surface area contributed by atoms with Crippen LogP contribution in [-0.2, 0) is 9.59 Å². The van der Waals surface area contributed by atoms with Gasteiger partial charge in [0.2, 0.25) is 17.8 Å². The van der Waals surface area contributed by atoms with Crippen molar-refractivity contribution in [2.75, 3.05) is 55.6 Å². The van der Waals surface area contributed by atoms with Crippen LogP contribution in [0.3, 0.4) is 0 Å². The van der Waals surface area contributed by atoms with Gasteiger partial charge in [-0.15, -0.1) is 0 Å². The molecular weight excluding hydrogens is 753 g/mol. The predicted octanol–water partition coefficient (Wildman–Crippen LogP) is 3.07. The average molecular weight is 797 g/mol. The molecular formula is C43H44N10O6. The maximum absolute atomic E-state index is 13.3. The summed E-state index contributed by atoms with van der Waals surface area (Å²) in [5.41, 5.74) is 3.02. The molecule has 2 aromatic heterocycles. The number of aromatic nitrogens is 3. The number of fused-ring (bicyclic) bond motifs is 2. The molecule has 16 heteroatoms. The molecule has 4 aromatic rings. The van der Waals surface area contributed by atoms with E-state index in [9.17, 15) is 29.2 Å². The lowest BCUT2D eigenvalue weighted by Crippen LogP contribution is -2.54. The van der Waals surface area contributed by atoms with Gasteiger partial charge < -0.3 is 19.9 Å². The fourth-order valence-corrected chi connectivity index (χ4v) is 9.09. The zero-order valence-corrected chi connectivity index (χ0v) is 32.5. The molecule has 2 atom stereocenters. The van der Waals surface area contributed by atoms with Gasteiger partial charge in [-0.05, 0) is 86.9 Å². The van der Waals surface area contributed by atoms with Crippen LogP contribution in [0.15, 0.2) is 61.1 Å². The van der Waals surface area contributed by atoms with Gasteiger partial charge in [-0.25, -0.2) is 9.97 Å². The SMILES string of the molecule is N#Cc1ccc(OC2CCC(NC(=O)c3cnc(N4CC[C@@H](CN5CCN(c6ccc7c(c6)C(=O)N(C6CCC(=O)NC6=O)C7=O)CC5)C4)nc3)CC2)c2cccnc12. The molecule has 2 aromatic carbocycles. The van der Waals surface area contributed by atoms with Crippen LogP contribution in [0.2, 0.25) is 0 Å². The maximum atomic E-state index is 13.3. The van der Waals surface area contributed by atoms with E-state index in [0.29, 0.717) is 34.1 Å². The molecule has 3 saturated heterocycles. The van der Waals surface area contributed by atoms with E-state index in [4.69, 9.17) is 4.74 Å². The smallest absolute Gasteiger partial charge is 0.262 e. The summed E-state index contributed by atoms with van der Waals surface area (Å²) in [5, 5.41) is 15.7.